The lowest BCUT2D eigenvalue weighted by Gasteiger charge is -2.39. The Kier molecular flexibility index (Phi) is 11.4. The first-order chi connectivity index (χ1) is 12.7. The number of carbonyl (C=O) groups is 1. The largest absolute Gasteiger partial charge is 0.341 e. The predicted octanol–water partition coefficient (Wildman–Crippen LogP) is 3.63. The lowest BCUT2D eigenvalue weighted by Crippen LogP contribution is -2.52. The van der Waals surface area contributed by atoms with E-state index in [1.54, 1.807) is 0 Å². The fraction of sp³-hybridized carbons (Fsp3) is 0.682. The molecule has 0 bridgehead atoms. The summed E-state index contributed by atoms with van der Waals surface area (Å²) in [7, 11) is 2.00. The molecular weight excluding hydrogens is 393 g/mol. The molecule has 2 fully saturated rings. The summed E-state index contributed by atoms with van der Waals surface area (Å²) in [6.45, 7) is 7.10. The Hall–Kier alpha value is -0.810. The molecule has 0 radical (unpaired) electrons. The third-order valence-electron chi connectivity index (χ3n) is 6.24. The Morgan fingerprint density at radius 2 is 1.75 bits per heavy atom. The van der Waals surface area contributed by atoms with Crippen LogP contribution in [0, 0.1) is 11.8 Å². The number of hydrogen-bond acceptors (Lipinski definition) is 3. The van der Waals surface area contributed by atoms with E-state index in [1.165, 1.54) is 31.2 Å². The molecular formula is C22H37Cl2N3O. The summed E-state index contributed by atoms with van der Waals surface area (Å²) in [5, 5.41) is 3.27. The molecule has 1 aromatic carbocycles. The van der Waals surface area contributed by atoms with Crippen molar-refractivity contribution < 1.29 is 4.79 Å². The number of nitrogens with zero attached hydrogens (tertiary/aromatic N) is 2. The Labute approximate surface area is 183 Å². The minimum Gasteiger partial charge on any atom is -0.341 e. The second kappa shape index (κ2) is 12.7. The van der Waals surface area contributed by atoms with Crippen LogP contribution in [0.4, 0.5) is 0 Å². The van der Waals surface area contributed by atoms with Crippen molar-refractivity contribution in [2.45, 2.75) is 45.1 Å². The van der Waals surface area contributed by atoms with Crippen LogP contribution in [0.15, 0.2) is 30.3 Å². The van der Waals surface area contributed by atoms with Crippen LogP contribution in [0.5, 0.6) is 0 Å². The minimum absolute atomic E-state index is 0. The lowest BCUT2D eigenvalue weighted by atomic mass is 9.89. The molecule has 1 aromatic rings. The maximum Gasteiger partial charge on any atom is 0.239 e. The fourth-order valence-corrected chi connectivity index (χ4v) is 4.63. The zero-order valence-electron chi connectivity index (χ0n) is 17.3. The normalized spacial score (nSPS) is 22.1. The van der Waals surface area contributed by atoms with E-state index in [-0.39, 0.29) is 30.9 Å². The van der Waals surface area contributed by atoms with Crippen LogP contribution in [0.1, 0.15) is 38.2 Å². The van der Waals surface area contributed by atoms with Gasteiger partial charge in [0.15, 0.2) is 0 Å². The lowest BCUT2D eigenvalue weighted by molar-refractivity contribution is -0.138. The van der Waals surface area contributed by atoms with E-state index in [0.717, 1.165) is 45.1 Å². The van der Waals surface area contributed by atoms with Gasteiger partial charge >= 0.3 is 0 Å². The fourth-order valence-electron chi connectivity index (χ4n) is 4.63. The quantitative estimate of drug-likeness (QED) is 0.749. The highest BCUT2D eigenvalue weighted by Gasteiger charge is 2.31. The SMILES string of the molecule is CNCC1CCCN(C(=O)C(C)N2CCC(Cc3ccccc3)CC2)C1.Cl.Cl. The molecule has 2 unspecified atom stereocenters. The van der Waals surface area contributed by atoms with Gasteiger partial charge < -0.3 is 10.2 Å². The van der Waals surface area contributed by atoms with Gasteiger partial charge in [-0.25, -0.2) is 0 Å². The zero-order chi connectivity index (χ0) is 18.4. The Bertz CT molecular complexity index is 562. The van der Waals surface area contributed by atoms with Crippen molar-refractivity contribution in [3.05, 3.63) is 35.9 Å². The summed E-state index contributed by atoms with van der Waals surface area (Å²) < 4.78 is 0. The molecule has 0 saturated carbocycles. The number of piperidine rings is 2. The third kappa shape index (κ3) is 6.91. The number of nitrogens with one attached hydrogen (secondary N) is 1. The highest BCUT2D eigenvalue weighted by Crippen LogP contribution is 2.24. The van der Waals surface area contributed by atoms with Crippen LogP contribution in [-0.4, -0.2) is 61.5 Å². The third-order valence-corrected chi connectivity index (χ3v) is 6.24. The van der Waals surface area contributed by atoms with Crippen LogP contribution in [0.3, 0.4) is 0 Å². The van der Waals surface area contributed by atoms with Crippen LogP contribution >= 0.6 is 24.8 Å². The monoisotopic (exact) mass is 429 g/mol. The molecule has 6 heteroatoms. The Balaban J connectivity index is 0.00000196. The van der Waals surface area contributed by atoms with Gasteiger partial charge in [0.25, 0.3) is 0 Å². The van der Waals surface area contributed by atoms with Gasteiger partial charge in [-0.05, 0) is 83.1 Å². The smallest absolute Gasteiger partial charge is 0.239 e. The number of carbonyl (C=O) groups excluding carboxylic acids is 1. The van der Waals surface area contributed by atoms with Crippen LogP contribution in [-0.2, 0) is 11.2 Å². The first kappa shape index (κ1) is 25.2. The number of hydrogen-bond donors (Lipinski definition) is 1. The Morgan fingerprint density at radius 3 is 2.39 bits per heavy atom. The number of benzene rings is 1. The molecule has 0 aromatic heterocycles. The van der Waals surface area contributed by atoms with E-state index in [1.807, 2.05) is 7.05 Å². The van der Waals surface area contributed by atoms with E-state index in [0.29, 0.717) is 11.8 Å². The summed E-state index contributed by atoms with van der Waals surface area (Å²) in [4.78, 5) is 17.5. The molecule has 4 nitrogen and oxygen atoms in total. The maximum atomic E-state index is 13.0. The van der Waals surface area contributed by atoms with Crippen LogP contribution in [0.25, 0.3) is 0 Å². The molecule has 3 rings (SSSR count). The molecule has 1 N–H and O–H groups in total. The predicted molar refractivity (Wildman–Crippen MR) is 122 cm³/mol. The number of halogens is 2. The second-order valence-corrected chi connectivity index (χ2v) is 8.20. The molecule has 0 spiro atoms. The van der Waals surface area contributed by atoms with Crippen molar-refractivity contribution in [3.63, 3.8) is 0 Å². The van der Waals surface area contributed by atoms with Gasteiger partial charge in [-0.2, -0.15) is 0 Å². The van der Waals surface area contributed by atoms with Gasteiger partial charge in [0, 0.05) is 13.1 Å². The number of likely N-dealkylation sites (tertiary alicyclic amines) is 2. The highest BCUT2D eigenvalue weighted by molar-refractivity contribution is 5.85. The summed E-state index contributed by atoms with van der Waals surface area (Å²) in [5.41, 5.74) is 1.44. The van der Waals surface area contributed by atoms with Crippen LogP contribution < -0.4 is 5.32 Å². The summed E-state index contributed by atoms with van der Waals surface area (Å²) in [6, 6.07) is 10.8. The first-order valence-electron chi connectivity index (χ1n) is 10.4. The number of amides is 1. The summed E-state index contributed by atoms with van der Waals surface area (Å²) in [5.74, 6) is 1.71. The van der Waals surface area contributed by atoms with Gasteiger partial charge in [0.1, 0.15) is 0 Å². The van der Waals surface area contributed by atoms with Crippen molar-refractivity contribution in [1.29, 1.82) is 0 Å². The first-order valence-corrected chi connectivity index (χ1v) is 10.4. The molecule has 0 aliphatic carbocycles. The van der Waals surface area contributed by atoms with E-state index in [4.69, 9.17) is 0 Å². The highest BCUT2D eigenvalue weighted by atomic mass is 35.5. The topological polar surface area (TPSA) is 35.6 Å². The average Bonchev–Trinajstić information content (AvgIpc) is 2.69. The van der Waals surface area contributed by atoms with Gasteiger partial charge in [-0.15, -0.1) is 24.8 Å². The summed E-state index contributed by atoms with van der Waals surface area (Å²) in [6.07, 6.45) is 5.96. The zero-order valence-corrected chi connectivity index (χ0v) is 18.9. The molecule has 2 heterocycles. The van der Waals surface area contributed by atoms with Gasteiger partial charge in [0.05, 0.1) is 6.04 Å². The van der Waals surface area contributed by atoms with E-state index < -0.39 is 0 Å². The van der Waals surface area contributed by atoms with Gasteiger partial charge in [-0.3, -0.25) is 9.69 Å². The minimum atomic E-state index is 0. The molecule has 2 atom stereocenters. The second-order valence-electron chi connectivity index (χ2n) is 8.20. The number of rotatable bonds is 6. The average molecular weight is 430 g/mol. The maximum absolute atomic E-state index is 13.0. The van der Waals surface area contributed by atoms with E-state index in [2.05, 4.69) is 52.4 Å². The summed E-state index contributed by atoms with van der Waals surface area (Å²) >= 11 is 0. The van der Waals surface area contributed by atoms with Crippen molar-refractivity contribution >= 4 is 30.7 Å². The van der Waals surface area contributed by atoms with Crippen molar-refractivity contribution in [2.24, 2.45) is 11.8 Å². The molecule has 160 valence electrons. The molecule has 28 heavy (non-hydrogen) atoms. The van der Waals surface area contributed by atoms with Gasteiger partial charge in [-0.1, -0.05) is 30.3 Å². The standard InChI is InChI=1S/C22H35N3O.2ClH/c1-18(22(26)25-12-6-9-21(17-25)16-23-2)24-13-10-20(11-14-24)15-19-7-4-3-5-8-19;;/h3-5,7-8,18,20-21,23H,6,9-17H2,1-2H3;2*1H. The van der Waals surface area contributed by atoms with E-state index in [9.17, 15) is 4.79 Å². The van der Waals surface area contributed by atoms with E-state index >= 15 is 0 Å². The molecule has 1 amide bonds. The van der Waals surface area contributed by atoms with Crippen LogP contribution in [0.2, 0.25) is 0 Å². The van der Waals surface area contributed by atoms with Crippen molar-refractivity contribution in [3.8, 4) is 0 Å². The van der Waals surface area contributed by atoms with Gasteiger partial charge in [0.2, 0.25) is 5.91 Å². The molecule has 2 aliphatic rings. The van der Waals surface area contributed by atoms with Crippen molar-refractivity contribution in [2.75, 3.05) is 39.8 Å². The molecule has 2 saturated heterocycles. The van der Waals surface area contributed by atoms with Crippen molar-refractivity contribution in [1.82, 2.24) is 15.1 Å². The molecule has 2 aliphatic heterocycles. The Morgan fingerprint density at radius 1 is 1.07 bits per heavy atom.